The van der Waals surface area contributed by atoms with Crippen LogP contribution in [-0.2, 0) is 0 Å². The molecule has 0 amide bonds. The van der Waals surface area contributed by atoms with Crippen LogP contribution in [0.25, 0.3) is 11.0 Å². The highest BCUT2D eigenvalue weighted by Gasteiger charge is 2.18. The Morgan fingerprint density at radius 2 is 1.90 bits per heavy atom. The van der Waals surface area contributed by atoms with Crippen LogP contribution in [0.4, 0.5) is 0 Å². The number of aliphatic hydroxyl groups excluding tert-OH is 1. The molecular formula is C17H15BrO2. The van der Waals surface area contributed by atoms with Crippen LogP contribution in [0, 0.1) is 13.8 Å². The van der Waals surface area contributed by atoms with E-state index < -0.39 is 6.10 Å². The fourth-order valence-electron chi connectivity index (χ4n) is 2.39. The molecule has 1 atom stereocenters. The molecule has 0 saturated carbocycles. The van der Waals surface area contributed by atoms with Gasteiger partial charge in [0.15, 0.2) is 0 Å². The van der Waals surface area contributed by atoms with Crippen molar-refractivity contribution in [2.24, 2.45) is 0 Å². The Bertz CT molecular complexity index is 774. The van der Waals surface area contributed by atoms with Gasteiger partial charge < -0.3 is 9.52 Å². The molecule has 0 aliphatic rings. The predicted octanol–water partition coefficient (Wildman–Crippen LogP) is 4.89. The lowest BCUT2D eigenvalue weighted by molar-refractivity contribution is 0.191. The first-order valence-corrected chi connectivity index (χ1v) is 7.29. The van der Waals surface area contributed by atoms with Crippen LogP contribution in [0.15, 0.2) is 51.4 Å². The Hall–Kier alpha value is -1.58. The van der Waals surface area contributed by atoms with E-state index in [2.05, 4.69) is 15.9 Å². The summed E-state index contributed by atoms with van der Waals surface area (Å²) in [7, 11) is 0. The number of furan rings is 1. The number of para-hydroxylation sites is 1. The first kappa shape index (κ1) is 13.4. The Labute approximate surface area is 126 Å². The van der Waals surface area contributed by atoms with E-state index in [0.717, 1.165) is 32.1 Å². The van der Waals surface area contributed by atoms with Crippen LogP contribution in [0.1, 0.15) is 28.6 Å². The average molecular weight is 331 g/mol. The summed E-state index contributed by atoms with van der Waals surface area (Å²) in [6.45, 7) is 4.01. The molecule has 0 aliphatic carbocycles. The molecule has 1 N–H and O–H groups in total. The average Bonchev–Trinajstić information content (AvgIpc) is 2.86. The fraction of sp³-hybridized carbons (Fsp3) is 0.176. The highest BCUT2D eigenvalue weighted by Crippen LogP contribution is 2.33. The molecule has 0 radical (unpaired) electrons. The van der Waals surface area contributed by atoms with Crippen molar-refractivity contribution in [3.05, 3.63) is 69.4 Å². The van der Waals surface area contributed by atoms with Gasteiger partial charge in [-0.15, -0.1) is 0 Å². The van der Waals surface area contributed by atoms with Crippen molar-refractivity contribution in [3.8, 4) is 0 Å². The largest absolute Gasteiger partial charge is 0.458 e. The summed E-state index contributed by atoms with van der Waals surface area (Å²) in [6, 6.07) is 13.8. The predicted molar refractivity (Wildman–Crippen MR) is 83.9 cm³/mol. The number of aliphatic hydroxyl groups is 1. The van der Waals surface area contributed by atoms with E-state index in [-0.39, 0.29) is 0 Å². The van der Waals surface area contributed by atoms with Gasteiger partial charge in [0.2, 0.25) is 0 Å². The molecule has 0 spiro atoms. The van der Waals surface area contributed by atoms with Gasteiger partial charge in [-0.25, -0.2) is 0 Å². The van der Waals surface area contributed by atoms with Gasteiger partial charge in [0, 0.05) is 15.4 Å². The summed E-state index contributed by atoms with van der Waals surface area (Å²) < 4.78 is 6.72. The first-order valence-electron chi connectivity index (χ1n) is 6.49. The van der Waals surface area contributed by atoms with Crippen LogP contribution in [0.3, 0.4) is 0 Å². The van der Waals surface area contributed by atoms with Gasteiger partial charge in [-0.05, 0) is 31.5 Å². The Balaban J connectivity index is 2.10. The minimum Gasteiger partial charge on any atom is -0.458 e. The zero-order chi connectivity index (χ0) is 14.3. The lowest BCUT2D eigenvalue weighted by Crippen LogP contribution is -1.99. The first-order chi connectivity index (χ1) is 9.56. The molecule has 102 valence electrons. The van der Waals surface area contributed by atoms with Crippen molar-refractivity contribution in [2.75, 3.05) is 0 Å². The lowest BCUT2D eigenvalue weighted by Gasteiger charge is -2.11. The van der Waals surface area contributed by atoms with Crippen LogP contribution in [0.5, 0.6) is 0 Å². The topological polar surface area (TPSA) is 33.4 Å². The van der Waals surface area contributed by atoms with E-state index in [0.29, 0.717) is 5.76 Å². The second-order valence-corrected chi connectivity index (χ2v) is 5.92. The van der Waals surface area contributed by atoms with E-state index in [9.17, 15) is 5.11 Å². The minimum atomic E-state index is -0.768. The molecule has 0 fully saturated rings. The molecule has 3 aromatic rings. The highest BCUT2D eigenvalue weighted by molar-refractivity contribution is 9.10. The van der Waals surface area contributed by atoms with Gasteiger partial charge in [-0.1, -0.05) is 51.8 Å². The number of hydrogen-bond acceptors (Lipinski definition) is 2. The molecule has 3 rings (SSSR count). The molecular weight excluding hydrogens is 316 g/mol. The zero-order valence-electron chi connectivity index (χ0n) is 11.4. The van der Waals surface area contributed by atoms with Crippen molar-refractivity contribution >= 4 is 26.9 Å². The fourth-order valence-corrected chi connectivity index (χ4v) is 2.85. The summed E-state index contributed by atoms with van der Waals surface area (Å²) in [5, 5.41) is 11.6. The van der Waals surface area contributed by atoms with Gasteiger partial charge in [0.05, 0.1) is 0 Å². The second kappa shape index (κ2) is 5.08. The van der Waals surface area contributed by atoms with Gasteiger partial charge >= 0.3 is 0 Å². The minimum absolute atomic E-state index is 0.570. The van der Waals surface area contributed by atoms with Crippen LogP contribution < -0.4 is 0 Å². The van der Waals surface area contributed by atoms with E-state index in [1.807, 2.05) is 56.3 Å². The molecule has 3 heteroatoms. The van der Waals surface area contributed by atoms with Crippen molar-refractivity contribution < 1.29 is 9.52 Å². The van der Waals surface area contributed by atoms with Gasteiger partial charge in [0.25, 0.3) is 0 Å². The lowest BCUT2D eigenvalue weighted by atomic mass is 10.0. The molecule has 0 saturated heterocycles. The summed E-state index contributed by atoms with van der Waals surface area (Å²) in [5.41, 5.74) is 3.84. The molecule has 1 aromatic heterocycles. The maximum absolute atomic E-state index is 10.6. The monoisotopic (exact) mass is 330 g/mol. The number of fused-ring (bicyclic) bond motifs is 1. The highest BCUT2D eigenvalue weighted by atomic mass is 79.9. The summed E-state index contributed by atoms with van der Waals surface area (Å²) in [4.78, 5) is 0. The third-order valence-corrected chi connectivity index (χ3v) is 4.20. The molecule has 20 heavy (non-hydrogen) atoms. The summed E-state index contributed by atoms with van der Waals surface area (Å²) in [6.07, 6.45) is -0.768. The summed E-state index contributed by atoms with van der Waals surface area (Å²) in [5.74, 6) is 0.570. The number of halogens is 1. The van der Waals surface area contributed by atoms with Crippen molar-refractivity contribution in [3.63, 3.8) is 0 Å². The molecule has 0 bridgehead atoms. The van der Waals surface area contributed by atoms with Gasteiger partial charge in [-0.3, -0.25) is 0 Å². The molecule has 2 nitrogen and oxygen atoms in total. The second-order valence-electron chi connectivity index (χ2n) is 5.07. The van der Waals surface area contributed by atoms with Crippen molar-refractivity contribution in [1.29, 1.82) is 0 Å². The van der Waals surface area contributed by atoms with Gasteiger partial charge in [0.1, 0.15) is 17.4 Å². The Morgan fingerprint density at radius 3 is 2.65 bits per heavy atom. The van der Waals surface area contributed by atoms with Gasteiger partial charge in [-0.2, -0.15) is 0 Å². The normalized spacial score (nSPS) is 12.8. The van der Waals surface area contributed by atoms with E-state index in [4.69, 9.17) is 4.42 Å². The third kappa shape index (κ3) is 2.28. The van der Waals surface area contributed by atoms with Crippen molar-refractivity contribution in [2.45, 2.75) is 20.0 Å². The number of benzene rings is 2. The number of rotatable bonds is 2. The number of hydrogen-bond donors (Lipinski definition) is 1. The third-order valence-electron chi connectivity index (χ3n) is 3.48. The van der Waals surface area contributed by atoms with E-state index in [1.165, 1.54) is 0 Å². The molecule has 0 aliphatic heterocycles. The van der Waals surface area contributed by atoms with Crippen molar-refractivity contribution in [1.82, 2.24) is 0 Å². The van der Waals surface area contributed by atoms with Crippen LogP contribution in [0.2, 0.25) is 0 Å². The molecule has 1 heterocycles. The quantitative estimate of drug-likeness (QED) is 0.725. The Morgan fingerprint density at radius 1 is 1.10 bits per heavy atom. The maximum Gasteiger partial charge on any atom is 0.138 e. The molecule has 1 unspecified atom stereocenters. The van der Waals surface area contributed by atoms with E-state index in [1.54, 1.807) is 0 Å². The summed E-state index contributed by atoms with van der Waals surface area (Å²) >= 11 is 3.48. The maximum atomic E-state index is 10.6. The van der Waals surface area contributed by atoms with Crippen LogP contribution in [-0.4, -0.2) is 5.11 Å². The zero-order valence-corrected chi connectivity index (χ0v) is 12.9. The standard InChI is InChI=1S/C17H15BrO2/c1-10-6-7-14(18)13(8-10)16(19)15-9-12-5-3-4-11(2)17(12)20-15/h3-9,16,19H,1-2H3. The van der Waals surface area contributed by atoms with Crippen LogP contribution >= 0.6 is 15.9 Å². The molecule has 2 aromatic carbocycles. The SMILES string of the molecule is Cc1ccc(Br)c(C(O)c2cc3cccc(C)c3o2)c1. The Kier molecular flexibility index (Phi) is 3.40. The number of aryl methyl sites for hydroxylation is 2. The van der Waals surface area contributed by atoms with E-state index >= 15 is 0 Å². The smallest absolute Gasteiger partial charge is 0.138 e.